The molecule has 1 amide bonds. The molecule has 1 aromatic rings. The second-order valence-corrected chi connectivity index (χ2v) is 5.68. The molecule has 0 aromatic heterocycles. The molecule has 6 nitrogen and oxygen atoms in total. The topological polar surface area (TPSA) is 101 Å². The SMILES string of the molecule is CCC(CNC(C)=O)c1cc(N)ccc1NC1=CC(=O)C(=O)C=C1. The van der Waals surface area contributed by atoms with Gasteiger partial charge in [-0.25, -0.2) is 0 Å². The standard InChI is InChI=1S/C18H21N3O3/c1-3-12(10-20-11(2)22)15-8-13(19)4-6-16(15)21-14-5-7-17(23)18(24)9-14/h4-9,12,21H,3,10,19H2,1-2H3,(H,20,22). The number of hydrogen-bond acceptors (Lipinski definition) is 5. The summed E-state index contributed by atoms with van der Waals surface area (Å²) in [6.07, 6.45) is 4.90. The molecule has 4 N–H and O–H groups in total. The fourth-order valence-corrected chi connectivity index (χ4v) is 2.52. The average Bonchev–Trinajstić information content (AvgIpc) is 2.53. The lowest BCUT2D eigenvalue weighted by Gasteiger charge is -2.21. The van der Waals surface area contributed by atoms with E-state index in [2.05, 4.69) is 10.6 Å². The van der Waals surface area contributed by atoms with Crippen molar-refractivity contribution in [3.63, 3.8) is 0 Å². The van der Waals surface area contributed by atoms with E-state index in [0.717, 1.165) is 17.7 Å². The van der Waals surface area contributed by atoms with Crippen LogP contribution in [0.2, 0.25) is 0 Å². The van der Waals surface area contributed by atoms with Crippen LogP contribution in [0.1, 0.15) is 31.7 Å². The van der Waals surface area contributed by atoms with Gasteiger partial charge in [0.05, 0.1) is 0 Å². The van der Waals surface area contributed by atoms with E-state index < -0.39 is 11.6 Å². The summed E-state index contributed by atoms with van der Waals surface area (Å²) in [6, 6.07) is 5.45. The van der Waals surface area contributed by atoms with Crippen molar-refractivity contribution in [2.45, 2.75) is 26.2 Å². The number of carbonyl (C=O) groups is 3. The maximum absolute atomic E-state index is 11.5. The molecule has 2 rings (SSSR count). The Kier molecular flexibility index (Phi) is 5.52. The van der Waals surface area contributed by atoms with Crippen molar-refractivity contribution in [3.8, 4) is 0 Å². The van der Waals surface area contributed by atoms with E-state index >= 15 is 0 Å². The van der Waals surface area contributed by atoms with Crippen molar-refractivity contribution < 1.29 is 14.4 Å². The molecule has 6 heteroatoms. The van der Waals surface area contributed by atoms with Gasteiger partial charge in [0.15, 0.2) is 0 Å². The highest BCUT2D eigenvalue weighted by Gasteiger charge is 2.17. The summed E-state index contributed by atoms with van der Waals surface area (Å²) in [7, 11) is 0. The number of ketones is 2. The van der Waals surface area contributed by atoms with Gasteiger partial charge < -0.3 is 16.4 Å². The summed E-state index contributed by atoms with van der Waals surface area (Å²) in [4.78, 5) is 34.0. The van der Waals surface area contributed by atoms with Gasteiger partial charge in [-0.3, -0.25) is 14.4 Å². The van der Waals surface area contributed by atoms with Gasteiger partial charge in [0, 0.05) is 42.5 Å². The Morgan fingerprint density at radius 3 is 2.58 bits per heavy atom. The first-order valence-electron chi connectivity index (χ1n) is 7.79. The third-order valence-electron chi connectivity index (χ3n) is 3.83. The van der Waals surface area contributed by atoms with E-state index in [1.807, 2.05) is 19.1 Å². The molecule has 1 aliphatic rings. The van der Waals surface area contributed by atoms with Crippen LogP contribution in [0.4, 0.5) is 11.4 Å². The van der Waals surface area contributed by atoms with Gasteiger partial charge in [-0.05, 0) is 42.3 Å². The summed E-state index contributed by atoms with van der Waals surface area (Å²) in [5.74, 6) is -1.10. The zero-order chi connectivity index (χ0) is 17.7. The van der Waals surface area contributed by atoms with E-state index in [4.69, 9.17) is 5.73 Å². The minimum absolute atomic E-state index is 0.0744. The number of carbonyl (C=O) groups excluding carboxylic acids is 3. The number of nitrogens with two attached hydrogens (primary N) is 1. The predicted molar refractivity (Wildman–Crippen MR) is 93.4 cm³/mol. The number of nitrogens with one attached hydrogen (secondary N) is 2. The van der Waals surface area contributed by atoms with Gasteiger partial charge in [-0.2, -0.15) is 0 Å². The number of benzene rings is 1. The van der Waals surface area contributed by atoms with Crippen LogP contribution >= 0.6 is 0 Å². The van der Waals surface area contributed by atoms with Crippen molar-refractivity contribution in [1.29, 1.82) is 0 Å². The largest absolute Gasteiger partial charge is 0.399 e. The Hall–Kier alpha value is -2.89. The molecule has 24 heavy (non-hydrogen) atoms. The van der Waals surface area contributed by atoms with E-state index in [1.165, 1.54) is 19.1 Å². The van der Waals surface area contributed by atoms with Gasteiger partial charge in [0.2, 0.25) is 17.5 Å². The molecule has 1 aromatic carbocycles. The van der Waals surface area contributed by atoms with E-state index in [-0.39, 0.29) is 11.8 Å². The molecule has 126 valence electrons. The second kappa shape index (κ2) is 7.59. The number of nitrogen functional groups attached to an aromatic ring is 1. The molecule has 1 atom stereocenters. The molecule has 0 fully saturated rings. The van der Waals surface area contributed by atoms with Crippen molar-refractivity contribution in [2.75, 3.05) is 17.6 Å². The van der Waals surface area contributed by atoms with Crippen molar-refractivity contribution in [2.24, 2.45) is 0 Å². The van der Waals surface area contributed by atoms with Crippen LogP contribution in [0.15, 0.2) is 42.1 Å². The third kappa shape index (κ3) is 4.32. The monoisotopic (exact) mass is 327 g/mol. The fourth-order valence-electron chi connectivity index (χ4n) is 2.52. The molecule has 1 unspecified atom stereocenters. The lowest BCUT2D eigenvalue weighted by atomic mass is 9.93. The van der Waals surface area contributed by atoms with Gasteiger partial charge in [0.25, 0.3) is 0 Å². The van der Waals surface area contributed by atoms with Crippen LogP contribution in [-0.2, 0) is 14.4 Å². The minimum Gasteiger partial charge on any atom is -0.399 e. The van der Waals surface area contributed by atoms with Gasteiger partial charge in [-0.1, -0.05) is 6.92 Å². The Balaban J connectivity index is 2.28. The molecule has 0 bridgehead atoms. The summed E-state index contributed by atoms with van der Waals surface area (Å²) in [5, 5.41) is 5.99. The molecule has 0 aliphatic heterocycles. The summed E-state index contributed by atoms with van der Waals surface area (Å²) >= 11 is 0. The molecular weight excluding hydrogens is 306 g/mol. The molecule has 0 heterocycles. The smallest absolute Gasteiger partial charge is 0.227 e. The summed E-state index contributed by atoms with van der Waals surface area (Å²) in [5.41, 5.74) is 8.81. The Bertz CT molecular complexity index is 735. The lowest BCUT2D eigenvalue weighted by molar-refractivity contribution is -0.131. The first-order valence-corrected chi connectivity index (χ1v) is 7.79. The van der Waals surface area contributed by atoms with Crippen LogP contribution in [-0.4, -0.2) is 24.0 Å². The average molecular weight is 327 g/mol. The quantitative estimate of drug-likeness (QED) is 0.421. The fraction of sp³-hybridized carbons (Fsp3) is 0.278. The second-order valence-electron chi connectivity index (χ2n) is 5.68. The number of anilines is 2. The van der Waals surface area contributed by atoms with Crippen LogP contribution in [0.5, 0.6) is 0 Å². The van der Waals surface area contributed by atoms with Gasteiger partial charge in [-0.15, -0.1) is 0 Å². The third-order valence-corrected chi connectivity index (χ3v) is 3.83. The van der Waals surface area contributed by atoms with Crippen LogP contribution in [0.25, 0.3) is 0 Å². The summed E-state index contributed by atoms with van der Waals surface area (Å²) < 4.78 is 0. The molecule has 0 saturated heterocycles. The normalized spacial score (nSPS) is 15.0. The Morgan fingerprint density at radius 2 is 1.96 bits per heavy atom. The van der Waals surface area contributed by atoms with Crippen LogP contribution in [0, 0.1) is 0 Å². The molecule has 0 spiro atoms. The van der Waals surface area contributed by atoms with E-state index in [0.29, 0.717) is 17.9 Å². The minimum atomic E-state index is -0.553. The highest BCUT2D eigenvalue weighted by Crippen LogP contribution is 2.30. The zero-order valence-electron chi connectivity index (χ0n) is 13.8. The van der Waals surface area contributed by atoms with E-state index in [9.17, 15) is 14.4 Å². The van der Waals surface area contributed by atoms with Crippen molar-refractivity contribution in [3.05, 3.63) is 47.7 Å². The van der Waals surface area contributed by atoms with E-state index in [1.54, 1.807) is 12.1 Å². The van der Waals surface area contributed by atoms with Crippen molar-refractivity contribution >= 4 is 28.8 Å². The molecule has 0 saturated carbocycles. The maximum atomic E-state index is 11.5. The number of allylic oxidation sites excluding steroid dienone is 3. The number of amides is 1. The highest BCUT2D eigenvalue weighted by atomic mass is 16.2. The highest BCUT2D eigenvalue weighted by molar-refractivity contribution is 6.46. The van der Waals surface area contributed by atoms with Crippen LogP contribution in [0.3, 0.4) is 0 Å². The maximum Gasteiger partial charge on any atom is 0.227 e. The summed E-state index contributed by atoms with van der Waals surface area (Å²) in [6.45, 7) is 4.00. The van der Waals surface area contributed by atoms with Gasteiger partial charge >= 0.3 is 0 Å². The molecule has 0 radical (unpaired) electrons. The van der Waals surface area contributed by atoms with Crippen molar-refractivity contribution in [1.82, 2.24) is 5.32 Å². The van der Waals surface area contributed by atoms with Gasteiger partial charge in [0.1, 0.15) is 0 Å². The Labute approximate surface area is 140 Å². The first-order chi connectivity index (χ1) is 11.4. The number of hydrogen-bond donors (Lipinski definition) is 3. The lowest BCUT2D eigenvalue weighted by Crippen LogP contribution is -2.26. The Morgan fingerprint density at radius 1 is 1.21 bits per heavy atom. The predicted octanol–water partition coefficient (Wildman–Crippen LogP) is 1.90. The zero-order valence-corrected chi connectivity index (χ0v) is 13.8. The van der Waals surface area contributed by atoms with Crippen LogP contribution < -0.4 is 16.4 Å². The number of rotatable bonds is 6. The first kappa shape index (κ1) is 17.5. The molecular formula is C18H21N3O3. The molecule has 1 aliphatic carbocycles.